The molecule has 0 unspecified atom stereocenters. The van der Waals surface area contributed by atoms with E-state index in [-0.39, 0.29) is 36.0 Å². The molecule has 0 bridgehead atoms. The van der Waals surface area contributed by atoms with Crippen LogP contribution in [0, 0.1) is 26.7 Å². The zero-order valence-electron chi connectivity index (χ0n) is 24.8. The third-order valence-corrected chi connectivity index (χ3v) is 9.00. The molecule has 1 aliphatic heterocycles. The number of anilines is 1. The number of alkyl halides is 3. The monoisotopic (exact) mass is 627 g/mol. The first kappa shape index (κ1) is 30.4. The number of benzene rings is 1. The summed E-state index contributed by atoms with van der Waals surface area (Å²) < 4.78 is 56.1. The van der Waals surface area contributed by atoms with Gasteiger partial charge in [-0.3, -0.25) is 4.98 Å². The zero-order chi connectivity index (χ0) is 31.4. The lowest BCUT2D eigenvalue weighted by atomic mass is 10.0. The van der Waals surface area contributed by atoms with E-state index in [0.29, 0.717) is 33.8 Å². The lowest BCUT2D eigenvalue weighted by molar-refractivity contribution is -0.159. The smallest absolute Gasteiger partial charge is 0.396 e. The molecule has 10 nitrogen and oxygen atoms in total. The Balaban J connectivity index is 1.43. The largest absolute Gasteiger partial charge is 0.412 e. The highest BCUT2D eigenvalue weighted by Gasteiger charge is 2.54. The van der Waals surface area contributed by atoms with Crippen molar-refractivity contribution in [1.29, 1.82) is 0 Å². The van der Waals surface area contributed by atoms with Crippen LogP contribution in [0.25, 0.3) is 20.8 Å². The Morgan fingerprint density at radius 2 is 1.82 bits per heavy atom. The van der Waals surface area contributed by atoms with Crippen molar-refractivity contribution in [2.24, 2.45) is 16.1 Å². The summed E-state index contributed by atoms with van der Waals surface area (Å²) in [4.78, 5) is 18.0. The molecule has 14 heteroatoms. The second kappa shape index (κ2) is 11.4. The molecular weight excluding hydrogens is 595 g/mol. The maximum absolute atomic E-state index is 14.4. The summed E-state index contributed by atoms with van der Waals surface area (Å²) in [7, 11) is 0. The van der Waals surface area contributed by atoms with Crippen molar-refractivity contribution in [3.05, 3.63) is 59.0 Å². The number of nitrogens with zero attached hydrogens (tertiary/aromatic N) is 6. The van der Waals surface area contributed by atoms with Crippen LogP contribution in [0.15, 0.2) is 46.8 Å². The van der Waals surface area contributed by atoms with Crippen LogP contribution < -0.4 is 5.32 Å². The fraction of sp³-hybridized carbons (Fsp3) is 0.467. The van der Waals surface area contributed by atoms with Crippen molar-refractivity contribution >= 4 is 33.3 Å². The van der Waals surface area contributed by atoms with E-state index in [1.54, 1.807) is 52.1 Å². The number of ether oxygens (including phenoxy) is 2. The fourth-order valence-electron chi connectivity index (χ4n) is 5.89. The van der Waals surface area contributed by atoms with Crippen LogP contribution in [0.2, 0.25) is 0 Å². The Labute approximate surface area is 255 Å². The second-order valence-corrected chi connectivity index (χ2v) is 12.6. The van der Waals surface area contributed by atoms with E-state index in [1.807, 2.05) is 13.0 Å². The van der Waals surface area contributed by atoms with E-state index >= 15 is 0 Å². The molecule has 0 amide bonds. The first-order valence-corrected chi connectivity index (χ1v) is 15.0. The molecular formula is C30H32F3N7O3S. The topological polar surface area (TPSA) is 127 Å². The molecule has 5 atom stereocenters. The van der Waals surface area contributed by atoms with Crippen molar-refractivity contribution in [3.63, 3.8) is 0 Å². The van der Waals surface area contributed by atoms with Crippen LogP contribution in [0.3, 0.4) is 0 Å². The number of aliphatic hydroxyl groups is 1. The molecule has 2 aliphatic rings. The van der Waals surface area contributed by atoms with Gasteiger partial charge in [0.1, 0.15) is 22.7 Å². The van der Waals surface area contributed by atoms with E-state index < -0.39 is 30.2 Å². The molecule has 2 N–H and O–H groups in total. The summed E-state index contributed by atoms with van der Waals surface area (Å²) in [6.45, 7) is 8.65. The number of aryl methyl sites for hydroxylation is 3. The van der Waals surface area contributed by atoms with Crippen LogP contribution in [-0.2, 0) is 9.47 Å². The molecule has 3 aromatic heterocycles. The molecule has 232 valence electrons. The van der Waals surface area contributed by atoms with Gasteiger partial charge in [0.2, 0.25) is 5.95 Å². The quantitative estimate of drug-likeness (QED) is 0.215. The van der Waals surface area contributed by atoms with Crippen LogP contribution in [0.4, 0.5) is 24.9 Å². The lowest BCUT2D eigenvalue weighted by Gasteiger charge is -2.24. The van der Waals surface area contributed by atoms with E-state index in [9.17, 15) is 18.3 Å². The number of pyridine rings is 1. The summed E-state index contributed by atoms with van der Waals surface area (Å²) in [5.74, 6) is -1.22. The molecule has 4 heterocycles. The Kier molecular flexibility index (Phi) is 7.89. The number of rotatable bonds is 7. The van der Waals surface area contributed by atoms with Gasteiger partial charge < -0.3 is 19.9 Å². The molecule has 1 saturated carbocycles. The van der Waals surface area contributed by atoms with E-state index in [1.165, 1.54) is 17.4 Å². The molecule has 1 aromatic carbocycles. The summed E-state index contributed by atoms with van der Waals surface area (Å²) in [6, 6.07) is 5.63. The maximum atomic E-state index is 14.4. The number of fused-ring (bicyclic) bond motifs is 2. The van der Waals surface area contributed by atoms with Gasteiger partial charge in [0.15, 0.2) is 17.6 Å². The Morgan fingerprint density at radius 3 is 2.52 bits per heavy atom. The Hall–Kier alpha value is -3.59. The average Bonchev–Trinajstić information content (AvgIpc) is 3.61. The number of azo groups is 1. The SMILES string of the molecule is Cc1ccccc1[C@H](Nc1nc(C)c(-c2nc3c(C)nccc3s2)c(N=N[C@@H]2C[C@H](CO)[C@H]3OC(C)(C)O[C@H]32)n1)C(F)(F)F. The van der Waals surface area contributed by atoms with E-state index in [4.69, 9.17) is 14.5 Å². The highest BCUT2D eigenvalue weighted by atomic mass is 32.1. The molecule has 0 radical (unpaired) electrons. The highest BCUT2D eigenvalue weighted by molar-refractivity contribution is 7.21. The molecule has 0 spiro atoms. The van der Waals surface area contributed by atoms with Gasteiger partial charge in [-0.05, 0) is 58.2 Å². The van der Waals surface area contributed by atoms with Crippen molar-refractivity contribution in [2.45, 2.75) is 77.3 Å². The standard InChI is InChI=1S/C30H32F3N7O3S/c1-14-8-6-7-9-18(14)25(30(31,32)33)37-28-35-15(2)21(27-36-22-16(3)34-11-10-20(22)44-27)26(38-28)40-39-19-12-17(13-41)23-24(19)43-29(4,5)42-23/h6-11,17,19,23-25,41H,12-13H2,1-5H3,(H,35,37,38)/t17-,19-,23-,24+,25+/m1/s1. The highest BCUT2D eigenvalue weighted by Crippen LogP contribution is 2.44. The Bertz CT molecular complexity index is 1730. The average molecular weight is 628 g/mol. The van der Waals surface area contributed by atoms with Crippen molar-refractivity contribution < 1.29 is 27.8 Å². The van der Waals surface area contributed by atoms with Gasteiger partial charge in [-0.2, -0.15) is 23.3 Å². The van der Waals surface area contributed by atoms with Crippen molar-refractivity contribution in [3.8, 4) is 10.6 Å². The van der Waals surface area contributed by atoms with Gasteiger partial charge >= 0.3 is 6.18 Å². The Morgan fingerprint density at radius 1 is 1.07 bits per heavy atom. The van der Waals surface area contributed by atoms with Crippen LogP contribution in [0.1, 0.15) is 48.8 Å². The molecule has 2 fully saturated rings. The van der Waals surface area contributed by atoms with Crippen molar-refractivity contribution in [2.75, 3.05) is 11.9 Å². The van der Waals surface area contributed by atoms with E-state index in [0.717, 1.165) is 10.4 Å². The molecule has 4 aromatic rings. The first-order valence-electron chi connectivity index (χ1n) is 14.2. The summed E-state index contributed by atoms with van der Waals surface area (Å²) in [5.41, 5.74) is 2.82. The number of thiazole rings is 1. The summed E-state index contributed by atoms with van der Waals surface area (Å²) >= 11 is 1.38. The first-order chi connectivity index (χ1) is 20.8. The van der Waals surface area contributed by atoms with Gasteiger partial charge in [-0.25, -0.2) is 9.97 Å². The van der Waals surface area contributed by atoms with Gasteiger partial charge in [-0.15, -0.1) is 16.5 Å². The number of aromatic nitrogens is 4. The second-order valence-electron chi connectivity index (χ2n) is 11.6. The van der Waals surface area contributed by atoms with Crippen LogP contribution in [0.5, 0.6) is 0 Å². The molecule has 1 saturated heterocycles. The maximum Gasteiger partial charge on any atom is 0.412 e. The molecule has 44 heavy (non-hydrogen) atoms. The summed E-state index contributed by atoms with van der Waals surface area (Å²) in [5, 5.41) is 22.1. The van der Waals surface area contributed by atoms with Crippen molar-refractivity contribution in [1.82, 2.24) is 19.9 Å². The minimum absolute atomic E-state index is 0.0655. The molecule has 6 rings (SSSR count). The number of nitrogens with one attached hydrogen (secondary N) is 1. The zero-order valence-corrected chi connectivity index (χ0v) is 25.6. The number of halogens is 3. The van der Waals surface area contributed by atoms with Gasteiger partial charge in [-0.1, -0.05) is 24.3 Å². The number of aliphatic hydroxyl groups excluding tert-OH is 1. The predicted octanol–water partition coefficient (Wildman–Crippen LogP) is 6.77. The normalized spacial score (nSPS) is 23.8. The number of hydrogen-bond acceptors (Lipinski definition) is 11. The number of hydrogen-bond donors (Lipinski definition) is 2. The molecule has 1 aliphatic carbocycles. The summed E-state index contributed by atoms with van der Waals surface area (Å²) in [6.07, 6.45) is -3.28. The predicted molar refractivity (Wildman–Crippen MR) is 159 cm³/mol. The van der Waals surface area contributed by atoms with E-state index in [2.05, 4.69) is 30.5 Å². The van der Waals surface area contributed by atoms with Gasteiger partial charge in [0, 0.05) is 18.7 Å². The van der Waals surface area contributed by atoms with Gasteiger partial charge in [0.25, 0.3) is 0 Å². The minimum atomic E-state index is -4.63. The lowest BCUT2D eigenvalue weighted by Crippen LogP contribution is -2.29. The third kappa shape index (κ3) is 5.78. The van der Waals surface area contributed by atoms with Gasteiger partial charge in [0.05, 0.1) is 27.8 Å². The third-order valence-electron chi connectivity index (χ3n) is 7.96. The fourth-order valence-corrected chi connectivity index (χ4v) is 6.99. The minimum Gasteiger partial charge on any atom is -0.396 e. The van der Waals surface area contributed by atoms with Crippen LogP contribution in [-0.4, -0.2) is 61.9 Å². The van der Waals surface area contributed by atoms with Crippen LogP contribution >= 0.6 is 11.3 Å².